The number of carbonyl (C=O) groups is 1. The predicted molar refractivity (Wildman–Crippen MR) is 73.1 cm³/mol. The van der Waals surface area contributed by atoms with Crippen LogP contribution in [0.25, 0.3) is 0 Å². The standard InChI is InChI=1S/C14H21N3O2/c1-10-5-7-17(11(8-10)9-15)14(18)12-4-3-6-16-13(12)19-2/h3-4,6,10-11H,5,7-9,15H2,1-2H3. The van der Waals surface area contributed by atoms with Crippen molar-refractivity contribution in [1.29, 1.82) is 0 Å². The summed E-state index contributed by atoms with van der Waals surface area (Å²) < 4.78 is 5.16. The number of methoxy groups -OCH3 is 1. The molecule has 1 aliphatic rings. The summed E-state index contributed by atoms with van der Waals surface area (Å²) in [7, 11) is 1.53. The molecule has 0 aliphatic carbocycles. The van der Waals surface area contributed by atoms with Gasteiger partial charge in [-0.25, -0.2) is 4.98 Å². The largest absolute Gasteiger partial charge is 0.480 e. The average molecular weight is 263 g/mol. The number of hydrogen-bond donors (Lipinski definition) is 1. The lowest BCUT2D eigenvalue weighted by atomic mass is 9.92. The zero-order valence-electron chi connectivity index (χ0n) is 11.5. The molecule has 0 aromatic carbocycles. The molecule has 0 saturated carbocycles. The maximum absolute atomic E-state index is 12.6. The summed E-state index contributed by atoms with van der Waals surface area (Å²) in [6.07, 6.45) is 3.60. The second-order valence-electron chi connectivity index (χ2n) is 5.08. The Morgan fingerprint density at radius 2 is 2.42 bits per heavy atom. The fraction of sp³-hybridized carbons (Fsp3) is 0.571. The van der Waals surface area contributed by atoms with Crippen LogP contribution in [0.1, 0.15) is 30.1 Å². The van der Waals surface area contributed by atoms with Crippen molar-refractivity contribution >= 4 is 5.91 Å². The fourth-order valence-electron chi connectivity index (χ4n) is 2.61. The number of pyridine rings is 1. The van der Waals surface area contributed by atoms with Crippen LogP contribution in [0, 0.1) is 5.92 Å². The van der Waals surface area contributed by atoms with E-state index in [1.54, 1.807) is 18.3 Å². The van der Waals surface area contributed by atoms with E-state index in [-0.39, 0.29) is 11.9 Å². The molecule has 0 bridgehead atoms. The van der Waals surface area contributed by atoms with Crippen LogP contribution in [-0.2, 0) is 0 Å². The maximum atomic E-state index is 12.6. The number of amides is 1. The van der Waals surface area contributed by atoms with Crippen LogP contribution >= 0.6 is 0 Å². The van der Waals surface area contributed by atoms with Crippen molar-refractivity contribution in [2.24, 2.45) is 11.7 Å². The number of nitrogens with zero attached hydrogens (tertiary/aromatic N) is 2. The molecule has 2 atom stereocenters. The maximum Gasteiger partial charge on any atom is 0.259 e. The third-order valence-electron chi connectivity index (χ3n) is 3.71. The number of ether oxygens (including phenoxy) is 1. The smallest absolute Gasteiger partial charge is 0.259 e. The minimum absolute atomic E-state index is 0.0349. The highest BCUT2D eigenvalue weighted by molar-refractivity contribution is 5.96. The first kappa shape index (κ1) is 13.8. The Kier molecular flexibility index (Phi) is 4.37. The summed E-state index contributed by atoms with van der Waals surface area (Å²) in [5, 5.41) is 0. The molecule has 5 nitrogen and oxygen atoms in total. The molecule has 1 aromatic heterocycles. The molecule has 2 heterocycles. The van der Waals surface area contributed by atoms with Gasteiger partial charge < -0.3 is 15.4 Å². The summed E-state index contributed by atoms with van der Waals surface area (Å²) >= 11 is 0. The van der Waals surface area contributed by atoms with Gasteiger partial charge in [0, 0.05) is 25.3 Å². The second kappa shape index (κ2) is 6.02. The van der Waals surface area contributed by atoms with E-state index in [0.29, 0.717) is 23.9 Å². The number of hydrogen-bond acceptors (Lipinski definition) is 4. The normalized spacial score (nSPS) is 23.2. The van der Waals surface area contributed by atoms with Crippen LogP contribution in [-0.4, -0.2) is 42.0 Å². The van der Waals surface area contributed by atoms with Crippen molar-refractivity contribution < 1.29 is 9.53 Å². The fourth-order valence-corrected chi connectivity index (χ4v) is 2.61. The van der Waals surface area contributed by atoms with Crippen molar-refractivity contribution in [3.05, 3.63) is 23.9 Å². The molecule has 2 N–H and O–H groups in total. The molecule has 19 heavy (non-hydrogen) atoms. The molecule has 2 unspecified atom stereocenters. The first-order valence-corrected chi connectivity index (χ1v) is 6.67. The summed E-state index contributed by atoms with van der Waals surface area (Å²) in [5.74, 6) is 0.961. The Labute approximate surface area is 113 Å². The van der Waals surface area contributed by atoms with Gasteiger partial charge >= 0.3 is 0 Å². The number of rotatable bonds is 3. The van der Waals surface area contributed by atoms with E-state index in [1.165, 1.54) is 7.11 Å². The second-order valence-corrected chi connectivity index (χ2v) is 5.08. The van der Waals surface area contributed by atoms with Gasteiger partial charge in [-0.15, -0.1) is 0 Å². The van der Waals surface area contributed by atoms with Gasteiger partial charge in [0.15, 0.2) is 0 Å². The Morgan fingerprint density at radius 3 is 3.11 bits per heavy atom. The lowest BCUT2D eigenvalue weighted by molar-refractivity contribution is 0.0569. The van der Waals surface area contributed by atoms with Gasteiger partial charge in [0.2, 0.25) is 5.88 Å². The molecule has 104 valence electrons. The Bertz CT molecular complexity index is 450. The molecule has 1 amide bonds. The number of likely N-dealkylation sites (tertiary alicyclic amines) is 1. The number of aromatic nitrogens is 1. The van der Waals surface area contributed by atoms with Gasteiger partial charge in [-0.2, -0.15) is 0 Å². The molecule has 0 spiro atoms. The quantitative estimate of drug-likeness (QED) is 0.892. The van der Waals surface area contributed by atoms with Crippen molar-refractivity contribution in [3.8, 4) is 5.88 Å². The van der Waals surface area contributed by atoms with Crippen LogP contribution in [0.3, 0.4) is 0 Å². The SMILES string of the molecule is COc1ncccc1C(=O)N1CCC(C)CC1CN. The molecular weight excluding hydrogens is 242 g/mol. The van der Waals surface area contributed by atoms with Gasteiger partial charge in [-0.1, -0.05) is 6.92 Å². The average Bonchev–Trinajstić information content (AvgIpc) is 2.46. The molecule has 5 heteroatoms. The van der Waals surface area contributed by atoms with Crippen LogP contribution in [0.2, 0.25) is 0 Å². The van der Waals surface area contributed by atoms with Gasteiger partial charge in [0.1, 0.15) is 5.56 Å². The van der Waals surface area contributed by atoms with E-state index in [0.717, 1.165) is 19.4 Å². The van der Waals surface area contributed by atoms with Crippen molar-refractivity contribution in [1.82, 2.24) is 9.88 Å². The highest BCUT2D eigenvalue weighted by Gasteiger charge is 2.30. The minimum Gasteiger partial charge on any atom is -0.480 e. The Hall–Kier alpha value is -1.62. The molecule has 2 rings (SSSR count). The van der Waals surface area contributed by atoms with E-state index in [1.807, 2.05) is 4.90 Å². The Balaban J connectivity index is 2.22. The lowest BCUT2D eigenvalue weighted by Gasteiger charge is -2.38. The van der Waals surface area contributed by atoms with Gasteiger partial charge in [-0.3, -0.25) is 4.79 Å². The highest BCUT2D eigenvalue weighted by atomic mass is 16.5. The van der Waals surface area contributed by atoms with Crippen LogP contribution in [0.4, 0.5) is 0 Å². The predicted octanol–water partition coefficient (Wildman–Crippen LogP) is 1.29. The zero-order chi connectivity index (χ0) is 13.8. The first-order chi connectivity index (χ1) is 9.17. The first-order valence-electron chi connectivity index (χ1n) is 6.67. The Morgan fingerprint density at radius 1 is 1.63 bits per heavy atom. The van der Waals surface area contributed by atoms with Crippen molar-refractivity contribution in [2.75, 3.05) is 20.2 Å². The number of nitrogens with two attached hydrogens (primary N) is 1. The molecular formula is C14H21N3O2. The lowest BCUT2D eigenvalue weighted by Crippen LogP contribution is -2.49. The van der Waals surface area contributed by atoms with Gasteiger partial charge in [-0.05, 0) is 30.9 Å². The molecule has 1 aromatic rings. The molecule has 1 saturated heterocycles. The van der Waals surface area contributed by atoms with Crippen molar-refractivity contribution in [3.63, 3.8) is 0 Å². The summed E-state index contributed by atoms with van der Waals surface area (Å²) in [4.78, 5) is 18.5. The van der Waals surface area contributed by atoms with E-state index in [2.05, 4.69) is 11.9 Å². The molecule has 0 radical (unpaired) electrons. The topological polar surface area (TPSA) is 68.5 Å². The minimum atomic E-state index is -0.0349. The van der Waals surface area contributed by atoms with Crippen molar-refractivity contribution in [2.45, 2.75) is 25.8 Å². The highest BCUT2D eigenvalue weighted by Crippen LogP contribution is 2.25. The van der Waals surface area contributed by atoms with E-state index < -0.39 is 0 Å². The van der Waals surface area contributed by atoms with Crippen LogP contribution in [0.5, 0.6) is 5.88 Å². The third kappa shape index (κ3) is 2.87. The van der Waals surface area contributed by atoms with E-state index >= 15 is 0 Å². The van der Waals surface area contributed by atoms with Gasteiger partial charge in [0.05, 0.1) is 7.11 Å². The van der Waals surface area contributed by atoms with E-state index in [9.17, 15) is 4.79 Å². The number of carbonyl (C=O) groups excluding carboxylic acids is 1. The number of piperidine rings is 1. The monoisotopic (exact) mass is 263 g/mol. The van der Waals surface area contributed by atoms with E-state index in [4.69, 9.17) is 10.5 Å². The zero-order valence-corrected chi connectivity index (χ0v) is 11.5. The summed E-state index contributed by atoms with van der Waals surface area (Å²) in [6.45, 7) is 3.45. The third-order valence-corrected chi connectivity index (χ3v) is 3.71. The molecule has 1 aliphatic heterocycles. The molecule has 1 fully saturated rings. The summed E-state index contributed by atoms with van der Waals surface area (Å²) in [5.41, 5.74) is 6.31. The summed E-state index contributed by atoms with van der Waals surface area (Å²) in [6, 6.07) is 3.61. The van der Waals surface area contributed by atoms with Crippen LogP contribution in [0.15, 0.2) is 18.3 Å². The van der Waals surface area contributed by atoms with Gasteiger partial charge in [0.25, 0.3) is 5.91 Å². The van der Waals surface area contributed by atoms with Crippen LogP contribution < -0.4 is 10.5 Å².